The number of alkyl halides is 3. The Balaban J connectivity index is 2.80. The van der Waals surface area contributed by atoms with Gasteiger partial charge in [-0.2, -0.15) is 13.2 Å². The van der Waals surface area contributed by atoms with Crippen molar-refractivity contribution in [2.75, 3.05) is 20.1 Å². The molecule has 6 nitrogen and oxygen atoms in total. The number of carbonyl (C=O) groups is 1. The van der Waals surface area contributed by atoms with Gasteiger partial charge in [-0.25, -0.2) is 17.9 Å². The van der Waals surface area contributed by atoms with Gasteiger partial charge in [0.05, 0.1) is 10.6 Å². The molecule has 1 aromatic carbocycles. The quantitative estimate of drug-likeness (QED) is 0.797. The highest BCUT2D eigenvalue weighted by atomic mass is 35.5. The molecular weight excluding hydrogens is 397 g/mol. The summed E-state index contributed by atoms with van der Waals surface area (Å²) in [6, 6.07) is 2.02. The topological polar surface area (TPSA) is 75.7 Å². The van der Waals surface area contributed by atoms with Crippen molar-refractivity contribution in [1.82, 2.24) is 9.62 Å². The first kappa shape index (κ1) is 22.5. The molecule has 0 unspecified atom stereocenters. The highest BCUT2D eigenvalue weighted by Crippen LogP contribution is 2.33. The standard InChI is InChI=1S/C15H20ClF3N2O4S/c1-14(2,3)25-13(22)21(4)8-7-20-26(23,24)12-9-10(15(17,18)19)5-6-11(12)16/h5-6,9,20H,7-8H2,1-4H3. The molecule has 0 spiro atoms. The molecule has 0 saturated carbocycles. The number of likely N-dealkylation sites (N-methyl/N-ethyl adjacent to an activating group) is 1. The van der Waals surface area contributed by atoms with Crippen LogP contribution in [0.25, 0.3) is 0 Å². The number of rotatable bonds is 5. The molecule has 0 aliphatic heterocycles. The lowest BCUT2D eigenvalue weighted by Gasteiger charge is -2.24. The SMILES string of the molecule is CN(CCNS(=O)(=O)c1cc(C(F)(F)F)ccc1Cl)C(=O)OC(C)(C)C. The van der Waals surface area contributed by atoms with Crippen LogP contribution in [0.1, 0.15) is 26.3 Å². The van der Waals surface area contributed by atoms with E-state index in [9.17, 15) is 26.4 Å². The van der Waals surface area contributed by atoms with Gasteiger partial charge in [-0.3, -0.25) is 0 Å². The van der Waals surface area contributed by atoms with Gasteiger partial charge in [0, 0.05) is 20.1 Å². The van der Waals surface area contributed by atoms with Crippen molar-refractivity contribution in [1.29, 1.82) is 0 Å². The van der Waals surface area contributed by atoms with Crippen molar-refractivity contribution < 1.29 is 31.1 Å². The van der Waals surface area contributed by atoms with Crippen molar-refractivity contribution >= 4 is 27.7 Å². The fourth-order valence-corrected chi connectivity index (χ4v) is 3.29. The second kappa shape index (κ2) is 8.01. The van der Waals surface area contributed by atoms with Gasteiger partial charge < -0.3 is 9.64 Å². The molecular formula is C15H20ClF3N2O4S. The minimum atomic E-state index is -4.70. The van der Waals surface area contributed by atoms with E-state index in [0.29, 0.717) is 12.1 Å². The number of halogens is 4. The molecule has 11 heteroatoms. The predicted molar refractivity (Wildman–Crippen MR) is 90.5 cm³/mol. The summed E-state index contributed by atoms with van der Waals surface area (Å²) in [7, 11) is -2.89. The molecule has 148 valence electrons. The summed E-state index contributed by atoms with van der Waals surface area (Å²) in [4.78, 5) is 12.2. The number of carbonyl (C=O) groups excluding carboxylic acids is 1. The monoisotopic (exact) mass is 416 g/mol. The van der Waals surface area contributed by atoms with Crippen LogP contribution in [0.3, 0.4) is 0 Å². The number of nitrogens with zero attached hydrogens (tertiary/aromatic N) is 1. The Labute approximate surface area is 155 Å². The molecule has 0 heterocycles. The number of benzene rings is 1. The summed E-state index contributed by atoms with van der Waals surface area (Å²) in [5.41, 5.74) is -1.84. The summed E-state index contributed by atoms with van der Waals surface area (Å²) >= 11 is 5.72. The summed E-state index contributed by atoms with van der Waals surface area (Å²) < 4.78 is 69.9. The molecule has 1 rings (SSSR count). The molecule has 0 saturated heterocycles. The van der Waals surface area contributed by atoms with Crippen molar-refractivity contribution in [2.45, 2.75) is 37.4 Å². The van der Waals surface area contributed by atoms with Crippen LogP contribution in [0.15, 0.2) is 23.1 Å². The average Bonchev–Trinajstić information content (AvgIpc) is 2.44. The summed E-state index contributed by atoms with van der Waals surface area (Å²) in [5.74, 6) is 0. The maximum absolute atomic E-state index is 12.8. The Morgan fingerprint density at radius 3 is 2.35 bits per heavy atom. The fourth-order valence-electron chi connectivity index (χ4n) is 1.74. The van der Waals surface area contributed by atoms with Crippen molar-refractivity contribution in [2.24, 2.45) is 0 Å². The lowest BCUT2D eigenvalue weighted by atomic mass is 10.2. The van der Waals surface area contributed by atoms with Crippen molar-refractivity contribution in [3.8, 4) is 0 Å². The highest BCUT2D eigenvalue weighted by Gasteiger charge is 2.32. The van der Waals surface area contributed by atoms with Gasteiger partial charge in [0.1, 0.15) is 10.5 Å². The van der Waals surface area contributed by atoms with Crippen LogP contribution in [-0.4, -0.2) is 45.1 Å². The lowest BCUT2D eigenvalue weighted by molar-refractivity contribution is -0.137. The third-order valence-electron chi connectivity index (χ3n) is 2.99. The molecule has 0 aromatic heterocycles. The Bertz CT molecular complexity index is 761. The molecule has 0 aliphatic rings. The zero-order valence-electron chi connectivity index (χ0n) is 14.6. The van der Waals surface area contributed by atoms with E-state index in [1.165, 1.54) is 7.05 Å². The fraction of sp³-hybridized carbons (Fsp3) is 0.533. The van der Waals surface area contributed by atoms with Crippen LogP contribution in [0.5, 0.6) is 0 Å². The van der Waals surface area contributed by atoms with Gasteiger partial charge in [-0.1, -0.05) is 11.6 Å². The second-order valence-electron chi connectivity index (χ2n) is 6.44. The average molecular weight is 417 g/mol. The van der Waals surface area contributed by atoms with Gasteiger partial charge >= 0.3 is 12.3 Å². The molecule has 1 amide bonds. The summed E-state index contributed by atoms with van der Waals surface area (Å²) in [5, 5.41) is -0.342. The lowest BCUT2D eigenvalue weighted by Crippen LogP contribution is -2.39. The zero-order valence-corrected chi connectivity index (χ0v) is 16.2. The van der Waals surface area contributed by atoms with E-state index in [1.54, 1.807) is 20.8 Å². The summed E-state index contributed by atoms with van der Waals surface area (Å²) in [6.07, 6.45) is -5.36. The smallest absolute Gasteiger partial charge is 0.416 e. The number of hydrogen-bond donors (Lipinski definition) is 1. The molecule has 0 bridgehead atoms. The Kier molecular flexibility index (Phi) is 6.94. The molecule has 0 radical (unpaired) electrons. The zero-order chi connectivity index (χ0) is 20.3. The van der Waals surface area contributed by atoms with Crippen LogP contribution < -0.4 is 4.72 Å². The molecule has 1 aromatic rings. The van der Waals surface area contributed by atoms with E-state index in [4.69, 9.17) is 16.3 Å². The van der Waals surface area contributed by atoms with E-state index >= 15 is 0 Å². The highest BCUT2D eigenvalue weighted by molar-refractivity contribution is 7.89. The number of sulfonamides is 1. The molecule has 0 atom stereocenters. The van der Waals surface area contributed by atoms with Crippen LogP contribution in [0.4, 0.5) is 18.0 Å². The second-order valence-corrected chi connectivity index (χ2v) is 8.59. The number of amides is 1. The first-order chi connectivity index (χ1) is 11.6. The van der Waals surface area contributed by atoms with E-state index in [0.717, 1.165) is 11.0 Å². The van der Waals surface area contributed by atoms with E-state index in [1.807, 2.05) is 0 Å². The summed E-state index contributed by atoms with van der Waals surface area (Å²) in [6.45, 7) is 4.75. The predicted octanol–water partition coefficient (Wildman–Crippen LogP) is 3.50. The minimum Gasteiger partial charge on any atom is -0.444 e. The third-order valence-corrected chi connectivity index (χ3v) is 4.94. The normalized spacial score (nSPS) is 12.8. The Morgan fingerprint density at radius 2 is 1.85 bits per heavy atom. The van der Waals surface area contributed by atoms with Crippen molar-refractivity contribution in [3.05, 3.63) is 28.8 Å². The first-order valence-electron chi connectivity index (χ1n) is 7.44. The van der Waals surface area contributed by atoms with Crippen molar-refractivity contribution in [3.63, 3.8) is 0 Å². The number of ether oxygens (including phenoxy) is 1. The van der Waals surface area contributed by atoms with Crippen LogP contribution in [0.2, 0.25) is 5.02 Å². The maximum atomic E-state index is 12.8. The molecule has 26 heavy (non-hydrogen) atoms. The third kappa shape index (κ3) is 6.65. The maximum Gasteiger partial charge on any atom is 0.416 e. The minimum absolute atomic E-state index is 0.0509. The molecule has 0 fully saturated rings. The van der Waals surface area contributed by atoms with Crippen LogP contribution in [0, 0.1) is 0 Å². The van der Waals surface area contributed by atoms with E-state index in [-0.39, 0.29) is 18.1 Å². The molecule has 0 aliphatic carbocycles. The van der Waals surface area contributed by atoms with E-state index in [2.05, 4.69) is 4.72 Å². The van der Waals surface area contributed by atoms with Gasteiger partial charge in [0.25, 0.3) is 0 Å². The van der Waals surface area contributed by atoms with Crippen LogP contribution in [-0.2, 0) is 20.9 Å². The van der Waals surface area contributed by atoms with Gasteiger partial charge in [-0.05, 0) is 39.0 Å². The van der Waals surface area contributed by atoms with Gasteiger partial charge in [-0.15, -0.1) is 0 Å². The number of hydrogen-bond acceptors (Lipinski definition) is 4. The Hall–Kier alpha value is -1.52. The van der Waals surface area contributed by atoms with Gasteiger partial charge in [0.2, 0.25) is 10.0 Å². The van der Waals surface area contributed by atoms with E-state index < -0.39 is 38.4 Å². The largest absolute Gasteiger partial charge is 0.444 e. The number of nitrogens with one attached hydrogen (secondary N) is 1. The Morgan fingerprint density at radius 1 is 1.27 bits per heavy atom. The first-order valence-corrected chi connectivity index (χ1v) is 9.30. The van der Waals surface area contributed by atoms with Gasteiger partial charge in [0.15, 0.2) is 0 Å². The molecule has 1 N–H and O–H groups in total. The van der Waals surface area contributed by atoms with Crippen LogP contribution >= 0.6 is 11.6 Å².